The molecule has 0 bridgehead atoms. The van der Waals surface area contributed by atoms with Gasteiger partial charge in [0.25, 0.3) is 0 Å². The molecule has 0 N–H and O–H groups in total. The van der Waals surface area contributed by atoms with Gasteiger partial charge < -0.3 is 4.90 Å². The number of nitrogens with zero attached hydrogens (tertiary/aromatic N) is 5. The Morgan fingerprint density at radius 3 is 3.11 bits per heavy atom. The molecule has 0 radical (unpaired) electrons. The third-order valence-electron chi connectivity index (χ3n) is 3.00. The van der Waals surface area contributed by atoms with Crippen LogP contribution in [-0.4, -0.2) is 19.0 Å². The number of carbonyl (C=O) groups is 1. The molecule has 19 heavy (non-hydrogen) atoms. The molecule has 1 atom stereocenters. The van der Waals surface area contributed by atoms with E-state index in [1.54, 1.807) is 6.07 Å². The van der Waals surface area contributed by atoms with Gasteiger partial charge in [0, 0.05) is 24.4 Å². The predicted octanol–water partition coefficient (Wildman–Crippen LogP) is 2.36. The van der Waals surface area contributed by atoms with Crippen molar-refractivity contribution >= 4 is 11.6 Å². The van der Waals surface area contributed by atoms with Crippen LogP contribution in [0.2, 0.25) is 0 Å². The maximum Gasteiger partial charge on any atom is 0.227 e. The van der Waals surface area contributed by atoms with Gasteiger partial charge in [0.1, 0.15) is 17.4 Å². The Labute approximate surface area is 108 Å². The summed E-state index contributed by atoms with van der Waals surface area (Å²) in [4.78, 5) is 15.9. The van der Waals surface area contributed by atoms with Crippen LogP contribution in [0.25, 0.3) is 10.4 Å². The number of azide groups is 1. The average molecular weight is 259 g/mol. The number of halogens is 1. The largest absolute Gasteiger partial charge is 0.311 e. The van der Waals surface area contributed by atoms with Gasteiger partial charge in [-0.25, -0.2) is 4.39 Å². The Bertz CT molecular complexity index is 603. The highest BCUT2D eigenvalue weighted by molar-refractivity contribution is 5.97. The van der Waals surface area contributed by atoms with E-state index in [1.807, 2.05) is 0 Å². The number of amides is 1. The fourth-order valence-corrected chi connectivity index (χ4v) is 2.14. The summed E-state index contributed by atoms with van der Waals surface area (Å²) < 4.78 is 13.5. The maximum absolute atomic E-state index is 13.5. The Balaban J connectivity index is 2.28. The summed E-state index contributed by atoms with van der Waals surface area (Å²) in [6.07, 6.45) is 0.237. The second kappa shape index (κ2) is 5.38. The number of hydrogen-bond acceptors (Lipinski definition) is 3. The first-order valence-electron chi connectivity index (χ1n) is 5.67. The number of nitriles is 1. The minimum absolute atomic E-state index is 0.0989. The van der Waals surface area contributed by atoms with Crippen LogP contribution in [0.4, 0.5) is 10.1 Å². The van der Waals surface area contributed by atoms with Crippen LogP contribution in [0.3, 0.4) is 0 Å². The fraction of sp³-hybridized carbons (Fsp3) is 0.333. The summed E-state index contributed by atoms with van der Waals surface area (Å²) in [5.41, 5.74) is 8.40. The Kier molecular flexibility index (Phi) is 3.64. The summed E-state index contributed by atoms with van der Waals surface area (Å²) in [5, 5.41) is 12.4. The first-order chi connectivity index (χ1) is 9.17. The molecule has 1 unspecified atom stereocenters. The van der Waals surface area contributed by atoms with E-state index in [2.05, 4.69) is 10.0 Å². The van der Waals surface area contributed by atoms with Crippen LogP contribution in [-0.2, 0) is 4.79 Å². The van der Waals surface area contributed by atoms with E-state index in [0.717, 1.165) is 0 Å². The van der Waals surface area contributed by atoms with Crippen molar-refractivity contribution in [2.45, 2.75) is 6.42 Å². The number of carbonyl (C=O) groups excluding carboxylic acids is 1. The second-order valence-electron chi connectivity index (χ2n) is 4.23. The molecule has 96 valence electrons. The molecule has 1 amide bonds. The zero-order valence-electron chi connectivity index (χ0n) is 9.95. The standard InChI is InChI=1S/C12H10FN5O/c13-10-2-1-3-11(9(10)5-14)18-7-8(4-12(18)19)6-16-17-15/h1-3,8H,4,6-7H2. The summed E-state index contributed by atoms with van der Waals surface area (Å²) in [7, 11) is 0. The Hall–Kier alpha value is -2.58. The van der Waals surface area contributed by atoms with Gasteiger partial charge in [0.15, 0.2) is 0 Å². The molecule has 1 aliphatic rings. The molecular weight excluding hydrogens is 249 g/mol. The molecule has 6 nitrogen and oxygen atoms in total. The molecular formula is C12H10FN5O. The zero-order chi connectivity index (χ0) is 13.8. The molecule has 1 aromatic carbocycles. The SMILES string of the molecule is N#Cc1c(F)cccc1N1CC(CN=[N+]=[N-])CC1=O. The second-order valence-corrected chi connectivity index (χ2v) is 4.23. The summed E-state index contributed by atoms with van der Waals surface area (Å²) in [5.74, 6) is -0.940. The average Bonchev–Trinajstić information content (AvgIpc) is 2.77. The van der Waals surface area contributed by atoms with Crippen molar-refractivity contribution in [2.24, 2.45) is 11.0 Å². The van der Waals surface area contributed by atoms with Crippen molar-refractivity contribution in [3.05, 3.63) is 40.0 Å². The highest BCUT2D eigenvalue weighted by Crippen LogP contribution is 2.29. The lowest BCUT2D eigenvalue weighted by molar-refractivity contribution is -0.117. The van der Waals surface area contributed by atoms with E-state index in [9.17, 15) is 9.18 Å². The Morgan fingerprint density at radius 1 is 1.63 bits per heavy atom. The van der Waals surface area contributed by atoms with Gasteiger partial charge in [-0.1, -0.05) is 11.2 Å². The molecule has 1 heterocycles. The smallest absolute Gasteiger partial charge is 0.227 e. The monoisotopic (exact) mass is 259 g/mol. The van der Waals surface area contributed by atoms with Crippen molar-refractivity contribution < 1.29 is 9.18 Å². The van der Waals surface area contributed by atoms with Crippen LogP contribution < -0.4 is 4.90 Å². The van der Waals surface area contributed by atoms with E-state index < -0.39 is 5.82 Å². The lowest BCUT2D eigenvalue weighted by Crippen LogP contribution is -2.26. The maximum atomic E-state index is 13.5. The predicted molar refractivity (Wildman–Crippen MR) is 65.6 cm³/mol. The Morgan fingerprint density at radius 2 is 2.42 bits per heavy atom. The van der Waals surface area contributed by atoms with Crippen molar-refractivity contribution in [1.29, 1.82) is 5.26 Å². The molecule has 2 rings (SSSR count). The van der Waals surface area contributed by atoms with Gasteiger partial charge in [-0.3, -0.25) is 4.79 Å². The first-order valence-corrected chi connectivity index (χ1v) is 5.67. The number of anilines is 1. The van der Waals surface area contributed by atoms with Crippen molar-refractivity contribution in [2.75, 3.05) is 18.0 Å². The van der Waals surface area contributed by atoms with Crippen LogP contribution in [0.5, 0.6) is 0 Å². The van der Waals surface area contributed by atoms with E-state index in [-0.39, 0.29) is 36.0 Å². The fourth-order valence-electron chi connectivity index (χ4n) is 2.14. The lowest BCUT2D eigenvalue weighted by atomic mass is 10.1. The van der Waals surface area contributed by atoms with Crippen LogP contribution in [0.15, 0.2) is 23.3 Å². The molecule has 1 aromatic rings. The van der Waals surface area contributed by atoms with Crippen molar-refractivity contribution in [1.82, 2.24) is 0 Å². The van der Waals surface area contributed by atoms with Gasteiger partial charge in [-0.05, 0) is 23.6 Å². The third kappa shape index (κ3) is 2.49. The molecule has 0 spiro atoms. The number of hydrogen-bond donors (Lipinski definition) is 0. The summed E-state index contributed by atoms with van der Waals surface area (Å²) in [6, 6.07) is 5.94. The highest BCUT2D eigenvalue weighted by Gasteiger charge is 2.31. The minimum Gasteiger partial charge on any atom is -0.311 e. The molecule has 1 aliphatic heterocycles. The molecule has 1 fully saturated rings. The topological polar surface area (TPSA) is 92.9 Å². The van der Waals surface area contributed by atoms with E-state index >= 15 is 0 Å². The summed E-state index contributed by atoms with van der Waals surface area (Å²) >= 11 is 0. The van der Waals surface area contributed by atoms with E-state index in [0.29, 0.717) is 6.54 Å². The van der Waals surface area contributed by atoms with Crippen LogP contribution in [0, 0.1) is 23.1 Å². The zero-order valence-corrected chi connectivity index (χ0v) is 9.95. The quantitative estimate of drug-likeness (QED) is 0.473. The van der Waals surface area contributed by atoms with Gasteiger partial charge in [-0.2, -0.15) is 5.26 Å². The molecule has 0 aromatic heterocycles. The van der Waals surface area contributed by atoms with Crippen molar-refractivity contribution in [3.8, 4) is 6.07 Å². The normalized spacial score (nSPS) is 18.0. The van der Waals surface area contributed by atoms with Gasteiger partial charge in [0.05, 0.1) is 5.69 Å². The third-order valence-corrected chi connectivity index (χ3v) is 3.00. The first kappa shape index (κ1) is 12.9. The number of rotatable bonds is 3. The number of benzene rings is 1. The van der Waals surface area contributed by atoms with Crippen molar-refractivity contribution in [3.63, 3.8) is 0 Å². The van der Waals surface area contributed by atoms with Crippen LogP contribution >= 0.6 is 0 Å². The van der Waals surface area contributed by atoms with Gasteiger partial charge in [-0.15, -0.1) is 0 Å². The van der Waals surface area contributed by atoms with Gasteiger partial charge >= 0.3 is 0 Å². The lowest BCUT2D eigenvalue weighted by Gasteiger charge is -2.18. The highest BCUT2D eigenvalue weighted by atomic mass is 19.1. The molecule has 7 heteroatoms. The van der Waals surface area contributed by atoms with E-state index in [4.69, 9.17) is 10.8 Å². The minimum atomic E-state index is -0.647. The van der Waals surface area contributed by atoms with Crippen LogP contribution in [0.1, 0.15) is 12.0 Å². The molecule has 1 saturated heterocycles. The van der Waals surface area contributed by atoms with E-state index in [1.165, 1.54) is 23.1 Å². The van der Waals surface area contributed by atoms with Gasteiger partial charge in [0.2, 0.25) is 5.91 Å². The summed E-state index contributed by atoms with van der Waals surface area (Å²) in [6.45, 7) is 0.548. The molecule has 0 saturated carbocycles. The molecule has 0 aliphatic carbocycles.